The van der Waals surface area contributed by atoms with Gasteiger partial charge in [-0.15, -0.1) is 0 Å². The van der Waals surface area contributed by atoms with E-state index in [1.807, 2.05) is 17.0 Å². The number of amides is 1. The van der Waals surface area contributed by atoms with Crippen LogP contribution in [0.5, 0.6) is 0 Å². The van der Waals surface area contributed by atoms with Gasteiger partial charge in [0.25, 0.3) is 5.91 Å². The van der Waals surface area contributed by atoms with Gasteiger partial charge in [0, 0.05) is 25.2 Å². The number of hydrogen-bond donors (Lipinski definition) is 1. The maximum atomic E-state index is 12.6. The summed E-state index contributed by atoms with van der Waals surface area (Å²) < 4.78 is 0. The van der Waals surface area contributed by atoms with Crippen molar-refractivity contribution in [2.75, 3.05) is 26.2 Å². The molecule has 0 unspecified atom stereocenters. The summed E-state index contributed by atoms with van der Waals surface area (Å²) in [6, 6.07) is 8.11. The Morgan fingerprint density at radius 1 is 1.19 bits per heavy atom. The van der Waals surface area contributed by atoms with Gasteiger partial charge >= 0.3 is 0 Å². The van der Waals surface area contributed by atoms with Crippen molar-refractivity contribution in [2.45, 2.75) is 39.0 Å². The summed E-state index contributed by atoms with van der Waals surface area (Å²) in [6.45, 7) is 6.26. The number of hydrogen-bond acceptors (Lipinski definition) is 2. The minimum atomic E-state index is 0.205. The number of nitrogens with one attached hydrogen (secondary N) is 1. The van der Waals surface area contributed by atoms with Crippen LogP contribution in [-0.2, 0) is 6.42 Å². The Labute approximate surface area is 127 Å². The lowest BCUT2D eigenvalue weighted by Gasteiger charge is -2.44. The fourth-order valence-corrected chi connectivity index (χ4v) is 3.71. The van der Waals surface area contributed by atoms with Crippen LogP contribution in [0.15, 0.2) is 24.3 Å². The van der Waals surface area contributed by atoms with Crippen molar-refractivity contribution in [2.24, 2.45) is 5.41 Å². The summed E-state index contributed by atoms with van der Waals surface area (Å²) in [7, 11) is 0. The van der Waals surface area contributed by atoms with E-state index >= 15 is 0 Å². The molecule has 1 spiro atoms. The monoisotopic (exact) mass is 286 g/mol. The van der Waals surface area contributed by atoms with Gasteiger partial charge in [-0.3, -0.25) is 4.79 Å². The highest BCUT2D eigenvalue weighted by molar-refractivity contribution is 5.94. The summed E-state index contributed by atoms with van der Waals surface area (Å²) in [5, 5.41) is 3.53. The molecule has 0 atom stereocenters. The molecule has 1 aromatic rings. The molecule has 0 radical (unpaired) electrons. The minimum absolute atomic E-state index is 0.205. The molecule has 0 aliphatic carbocycles. The van der Waals surface area contributed by atoms with Crippen molar-refractivity contribution in [1.29, 1.82) is 0 Å². The van der Waals surface area contributed by atoms with Crippen LogP contribution >= 0.6 is 0 Å². The van der Waals surface area contributed by atoms with E-state index in [0.717, 1.165) is 51.0 Å². The number of rotatable bonds is 2. The van der Waals surface area contributed by atoms with E-state index in [0.29, 0.717) is 5.41 Å². The molecule has 21 heavy (non-hydrogen) atoms. The van der Waals surface area contributed by atoms with Crippen LogP contribution in [0.2, 0.25) is 0 Å². The highest BCUT2D eigenvalue weighted by Crippen LogP contribution is 2.37. The van der Waals surface area contributed by atoms with Crippen molar-refractivity contribution in [3.63, 3.8) is 0 Å². The SMILES string of the molecule is CCc1ccc(C(=O)N2CCC3(CCCNC3)CC2)cc1. The second-order valence-electron chi connectivity index (χ2n) is 6.62. The van der Waals surface area contributed by atoms with Crippen LogP contribution in [-0.4, -0.2) is 37.0 Å². The molecule has 3 nitrogen and oxygen atoms in total. The summed E-state index contributed by atoms with van der Waals surface area (Å²) in [4.78, 5) is 14.6. The van der Waals surface area contributed by atoms with Crippen LogP contribution in [0.25, 0.3) is 0 Å². The molecular weight excluding hydrogens is 260 g/mol. The molecule has 2 aliphatic heterocycles. The second-order valence-corrected chi connectivity index (χ2v) is 6.62. The van der Waals surface area contributed by atoms with Gasteiger partial charge in [-0.1, -0.05) is 19.1 Å². The number of carbonyl (C=O) groups excluding carboxylic acids is 1. The summed E-state index contributed by atoms with van der Waals surface area (Å²) >= 11 is 0. The van der Waals surface area contributed by atoms with Gasteiger partial charge in [-0.2, -0.15) is 0 Å². The molecule has 0 bridgehead atoms. The van der Waals surface area contributed by atoms with E-state index in [1.165, 1.54) is 18.4 Å². The Morgan fingerprint density at radius 2 is 1.90 bits per heavy atom. The molecule has 2 heterocycles. The molecule has 2 aliphatic rings. The largest absolute Gasteiger partial charge is 0.339 e. The number of piperidine rings is 2. The summed E-state index contributed by atoms with van der Waals surface area (Å²) in [5.41, 5.74) is 2.59. The van der Waals surface area contributed by atoms with Crippen LogP contribution in [0.1, 0.15) is 48.5 Å². The zero-order chi connectivity index (χ0) is 14.7. The molecule has 3 rings (SSSR count). The van der Waals surface area contributed by atoms with E-state index in [2.05, 4.69) is 24.4 Å². The lowest BCUT2D eigenvalue weighted by atomic mass is 9.73. The zero-order valence-corrected chi connectivity index (χ0v) is 13.0. The molecule has 3 heteroatoms. The van der Waals surface area contributed by atoms with Crippen molar-refractivity contribution < 1.29 is 4.79 Å². The quantitative estimate of drug-likeness (QED) is 0.906. The van der Waals surface area contributed by atoms with Crippen molar-refractivity contribution in [3.8, 4) is 0 Å². The normalized spacial score (nSPS) is 21.5. The third kappa shape index (κ3) is 3.13. The number of likely N-dealkylation sites (tertiary alicyclic amines) is 1. The Kier molecular flexibility index (Phi) is 4.29. The van der Waals surface area contributed by atoms with Gasteiger partial charge in [0.15, 0.2) is 0 Å². The topological polar surface area (TPSA) is 32.3 Å². The van der Waals surface area contributed by atoms with Crippen LogP contribution in [0, 0.1) is 5.41 Å². The molecule has 0 saturated carbocycles. The van der Waals surface area contributed by atoms with E-state index in [-0.39, 0.29) is 5.91 Å². The minimum Gasteiger partial charge on any atom is -0.339 e. The lowest BCUT2D eigenvalue weighted by molar-refractivity contribution is 0.0513. The number of nitrogens with zero attached hydrogens (tertiary/aromatic N) is 1. The van der Waals surface area contributed by atoms with Crippen LogP contribution in [0.3, 0.4) is 0 Å². The molecular formula is C18H26N2O. The smallest absolute Gasteiger partial charge is 0.253 e. The maximum Gasteiger partial charge on any atom is 0.253 e. The Bertz CT molecular complexity index is 478. The number of carbonyl (C=O) groups is 1. The van der Waals surface area contributed by atoms with Gasteiger partial charge < -0.3 is 10.2 Å². The third-order valence-electron chi connectivity index (χ3n) is 5.28. The molecule has 1 amide bonds. The third-order valence-corrected chi connectivity index (χ3v) is 5.28. The van der Waals surface area contributed by atoms with Gasteiger partial charge in [0.1, 0.15) is 0 Å². The Morgan fingerprint density at radius 3 is 2.48 bits per heavy atom. The van der Waals surface area contributed by atoms with E-state index in [4.69, 9.17) is 0 Å². The number of benzene rings is 1. The average molecular weight is 286 g/mol. The zero-order valence-electron chi connectivity index (χ0n) is 13.0. The van der Waals surface area contributed by atoms with E-state index < -0.39 is 0 Å². The summed E-state index contributed by atoms with van der Waals surface area (Å²) in [6.07, 6.45) is 5.94. The van der Waals surface area contributed by atoms with Gasteiger partial charge in [0.2, 0.25) is 0 Å². The van der Waals surface area contributed by atoms with Gasteiger partial charge in [0.05, 0.1) is 0 Å². The molecule has 0 aromatic heterocycles. The van der Waals surface area contributed by atoms with E-state index in [1.54, 1.807) is 0 Å². The second kappa shape index (κ2) is 6.18. The Balaban J connectivity index is 1.61. The predicted octanol–water partition coefficient (Wildman–Crippen LogP) is 2.85. The van der Waals surface area contributed by atoms with Crippen molar-refractivity contribution in [1.82, 2.24) is 10.2 Å². The van der Waals surface area contributed by atoms with Gasteiger partial charge in [-0.05, 0) is 61.8 Å². The van der Waals surface area contributed by atoms with Crippen molar-refractivity contribution >= 4 is 5.91 Å². The van der Waals surface area contributed by atoms with Crippen molar-refractivity contribution in [3.05, 3.63) is 35.4 Å². The first kappa shape index (κ1) is 14.6. The van der Waals surface area contributed by atoms with Crippen LogP contribution < -0.4 is 5.32 Å². The highest BCUT2D eigenvalue weighted by Gasteiger charge is 2.36. The molecule has 2 saturated heterocycles. The molecule has 1 aromatic carbocycles. The fraction of sp³-hybridized carbons (Fsp3) is 0.611. The molecule has 2 fully saturated rings. The predicted molar refractivity (Wildman–Crippen MR) is 85.5 cm³/mol. The number of aryl methyl sites for hydroxylation is 1. The van der Waals surface area contributed by atoms with Gasteiger partial charge in [-0.25, -0.2) is 0 Å². The first-order valence-corrected chi connectivity index (χ1v) is 8.31. The first-order valence-electron chi connectivity index (χ1n) is 8.31. The lowest BCUT2D eigenvalue weighted by Crippen LogP contribution is -2.49. The average Bonchev–Trinajstić information content (AvgIpc) is 2.56. The maximum absolute atomic E-state index is 12.6. The Hall–Kier alpha value is -1.35. The first-order chi connectivity index (χ1) is 10.2. The van der Waals surface area contributed by atoms with Crippen LogP contribution in [0.4, 0.5) is 0 Å². The van der Waals surface area contributed by atoms with E-state index in [9.17, 15) is 4.79 Å². The standard InChI is InChI=1S/C18H26N2O/c1-2-15-4-6-16(7-5-15)17(21)20-12-9-18(10-13-20)8-3-11-19-14-18/h4-7,19H,2-3,8-14H2,1H3. The highest BCUT2D eigenvalue weighted by atomic mass is 16.2. The molecule has 114 valence electrons. The molecule has 1 N–H and O–H groups in total. The fourth-order valence-electron chi connectivity index (χ4n) is 3.71. The summed E-state index contributed by atoms with van der Waals surface area (Å²) in [5.74, 6) is 0.205.